The van der Waals surface area contributed by atoms with E-state index >= 15 is 0 Å². The van der Waals surface area contributed by atoms with Crippen LogP contribution in [-0.2, 0) is 9.53 Å². The molecule has 0 unspecified atom stereocenters. The standard InChI is InChI=1S/C16H29N3O4/c1-16(2,3)23-15(22)18-7-5-12(6-8-18)19-10-9-17(4)11-13(19)14(20)21/h12-13H,5-11H2,1-4H3,(H,20,21)/t13-/m0/s1. The molecule has 2 aliphatic rings. The molecule has 2 fully saturated rings. The molecule has 0 aliphatic carbocycles. The van der Waals surface area contributed by atoms with Gasteiger partial charge in [0.2, 0.25) is 0 Å². The average molecular weight is 327 g/mol. The smallest absolute Gasteiger partial charge is 0.410 e. The van der Waals surface area contributed by atoms with Gasteiger partial charge in [0, 0.05) is 38.8 Å². The third kappa shape index (κ3) is 4.81. The zero-order valence-corrected chi connectivity index (χ0v) is 14.6. The number of carbonyl (C=O) groups excluding carboxylic acids is 1. The van der Waals surface area contributed by atoms with Crippen molar-refractivity contribution in [2.24, 2.45) is 0 Å². The molecule has 7 heteroatoms. The number of likely N-dealkylation sites (N-methyl/N-ethyl adjacent to an activating group) is 1. The molecule has 0 radical (unpaired) electrons. The minimum atomic E-state index is -0.758. The van der Waals surface area contributed by atoms with Gasteiger partial charge in [-0.25, -0.2) is 4.79 Å². The average Bonchev–Trinajstić information content (AvgIpc) is 2.45. The van der Waals surface area contributed by atoms with Gasteiger partial charge in [-0.15, -0.1) is 0 Å². The summed E-state index contributed by atoms with van der Waals surface area (Å²) in [6.45, 7) is 9.04. The molecule has 2 heterocycles. The molecule has 1 amide bonds. The van der Waals surface area contributed by atoms with Gasteiger partial charge in [0.1, 0.15) is 11.6 Å². The molecule has 1 atom stereocenters. The Labute approximate surface area is 138 Å². The predicted octanol–water partition coefficient (Wildman–Crippen LogP) is 1.09. The molecule has 2 aliphatic heterocycles. The fourth-order valence-corrected chi connectivity index (χ4v) is 3.30. The van der Waals surface area contributed by atoms with Gasteiger partial charge in [0.05, 0.1) is 0 Å². The van der Waals surface area contributed by atoms with E-state index in [2.05, 4.69) is 9.80 Å². The van der Waals surface area contributed by atoms with Crippen LogP contribution in [0.4, 0.5) is 4.79 Å². The first kappa shape index (κ1) is 18.0. The van der Waals surface area contributed by atoms with E-state index in [0.29, 0.717) is 19.6 Å². The van der Waals surface area contributed by atoms with Gasteiger partial charge >= 0.3 is 12.1 Å². The number of piperazine rings is 1. The summed E-state index contributed by atoms with van der Waals surface area (Å²) in [5.41, 5.74) is -0.486. The van der Waals surface area contributed by atoms with E-state index in [1.807, 2.05) is 27.8 Å². The van der Waals surface area contributed by atoms with Crippen molar-refractivity contribution in [3.63, 3.8) is 0 Å². The Hall–Kier alpha value is -1.34. The van der Waals surface area contributed by atoms with Crippen LogP contribution in [0, 0.1) is 0 Å². The van der Waals surface area contributed by atoms with Crippen LogP contribution in [0.3, 0.4) is 0 Å². The molecule has 132 valence electrons. The summed E-state index contributed by atoms with van der Waals surface area (Å²) >= 11 is 0. The maximum absolute atomic E-state index is 12.1. The van der Waals surface area contributed by atoms with E-state index in [-0.39, 0.29) is 12.1 Å². The molecule has 0 bridgehead atoms. The van der Waals surface area contributed by atoms with Gasteiger partial charge < -0.3 is 19.6 Å². The van der Waals surface area contributed by atoms with Gasteiger partial charge in [-0.2, -0.15) is 0 Å². The molecule has 0 aromatic rings. The minimum Gasteiger partial charge on any atom is -0.480 e. The second-order valence-corrected chi connectivity index (χ2v) is 7.55. The predicted molar refractivity (Wildman–Crippen MR) is 86.5 cm³/mol. The molecule has 2 rings (SSSR count). The van der Waals surface area contributed by atoms with Crippen molar-refractivity contribution in [2.45, 2.75) is 51.3 Å². The third-order valence-corrected chi connectivity index (χ3v) is 4.50. The summed E-state index contributed by atoms with van der Waals surface area (Å²) in [5, 5.41) is 9.47. The van der Waals surface area contributed by atoms with Gasteiger partial charge in [-0.1, -0.05) is 0 Å². The van der Waals surface area contributed by atoms with E-state index < -0.39 is 17.6 Å². The molecule has 0 aromatic carbocycles. The Bertz CT molecular complexity index is 441. The fourth-order valence-electron chi connectivity index (χ4n) is 3.30. The van der Waals surface area contributed by atoms with E-state index in [9.17, 15) is 14.7 Å². The molecule has 1 N–H and O–H groups in total. The highest BCUT2D eigenvalue weighted by atomic mass is 16.6. The highest BCUT2D eigenvalue weighted by molar-refractivity contribution is 5.74. The summed E-state index contributed by atoms with van der Waals surface area (Å²) < 4.78 is 5.40. The number of aliphatic carboxylic acids is 1. The first-order chi connectivity index (χ1) is 10.7. The number of rotatable bonds is 2. The first-order valence-electron chi connectivity index (χ1n) is 8.32. The van der Waals surface area contributed by atoms with Crippen LogP contribution in [0.1, 0.15) is 33.6 Å². The van der Waals surface area contributed by atoms with Crippen molar-refractivity contribution < 1.29 is 19.4 Å². The number of piperidine rings is 1. The van der Waals surface area contributed by atoms with Crippen LogP contribution in [-0.4, -0.2) is 89.3 Å². The maximum Gasteiger partial charge on any atom is 0.410 e. The van der Waals surface area contributed by atoms with Crippen molar-refractivity contribution in [1.82, 2.24) is 14.7 Å². The first-order valence-corrected chi connectivity index (χ1v) is 8.32. The van der Waals surface area contributed by atoms with Crippen LogP contribution >= 0.6 is 0 Å². The Morgan fingerprint density at radius 1 is 1.09 bits per heavy atom. The summed E-state index contributed by atoms with van der Waals surface area (Å²) in [7, 11) is 1.96. The monoisotopic (exact) mass is 327 g/mol. The Balaban J connectivity index is 1.90. The lowest BCUT2D eigenvalue weighted by molar-refractivity contribution is -0.147. The zero-order valence-electron chi connectivity index (χ0n) is 14.6. The molecule has 2 saturated heterocycles. The zero-order chi connectivity index (χ0) is 17.2. The Morgan fingerprint density at radius 2 is 1.70 bits per heavy atom. The second kappa shape index (κ2) is 7.05. The van der Waals surface area contributed by atoms with Gasteiger partial charge in [0.25, 0.3) is 0 Å². The minimum absolute atomic E-state index is 0.225. The lowest BCUT2D eigenvalue weighted by Gasteiger charge is -2.45. The van der Waals surface area contributed by atoms with Crippen molar-refractivity contribution in [3.8, 4) is 0 Å². The number of ether oxygens (including phenoxy) is 1. The fraction of sp³-hybridized carbons (Fsp3) is 0.875. The van der Waals surface area contributed by atoms with Crippen molar-refractivity contribution in [2.75, 3.05) is 39.8 Å². The number of hydrogen-bond acceptors (Lipinski definition) is 5. The number of nitrogens with zero attached hydrogens (tertiary/aromatic N) is 3. The molecular weight excluding hydrogens is 298 g/mol. The van der Waals surface area contributed by atoms with E-state index in [0.717, 1.165) is 25.9 Å². The molecule has 0 spiro atoms. The van der Waals surface area contributed by atoms with Gasteiger partial charge in [-0.05, 0) is 40.7 Å². The lowest BCUT2D eigenvalue weighted by Crippen LogP contribution is -2.60. The number of hydrogen-bond donors (Lipinski definition) is 1. The van der Waals surface area contributed by atoms with Crippen molar-refractivity contribution >= 4 is 12.1 Å². The van der Waals surface area contributed by atoms with E-state index in [4.69, 9.17) is 4.74 Å². The topological polar surface area (TPSA) is 73.3 Å². The highest BCUT2D eigenvalue weighted by Gasteiger charge is 2.37. The Morgan fingerprint density at radius 3 is 2.22 bits per heavy atom. The largest absolute Gasteiger partial charge is 0.480 e. The quantitative estimate of drug-likeness (QED) is 0.818. The van der Waals surface area contributed by atoms with Crippen molar-refractivity contribution in [1.29, 1.82) is 0 Å². The normalized spacial score (nSPS) is 25.4. The maximum atomic E-state index is 12.1. The summed E-state index contributed by atoms with van der Waals surface area (Å²) in [5.74, 6) is -0.758. The molecule has 7 nitrogen and oxygen atoms in total. The van der Waals surface area contributed by atoms with Crippen molar-refractivity contribution in [3.05, 3.63) is 0 Å². The molecular formula is C16H29N3O4. The SMILES string of the molecule is CN1CCN(C2CCN(C(=O)OC(C)(C)C)CC2)[C@H](C(=O)O)C1. The molecule has 23 heavy (non-hydrogen) atoms. The van der Waals surface area contributed by atoms with E-state index in [1.165, 1.54) is 0 Å². The van der Waals surface area contributed by atoms with Gasteiger partial charge in [-0.3, -0.25) is 9.69 Å². The number of amides is 1. The lowest BCUT2D eigenvalue weighted by atomic mass is 9.99. The molecule has 0 saturated carbocycles. The van der Waals surface area contributed by atoms with Crippen LogP contribution < -0.4 is 0 Å². The number of carboxylic acids is 1. The molecule has 0 aromatic heterocycles. The van der Waals surface area contributed by atoms with E-state index in [1.54, 1.807) is 4.90 Å². The third-order valence-electron chi connectivity index (χ3n) is 4.50. The number of carboxylic acid groups (broad SMARTS) is 1. The van der Waals surface area contributed by atoms with Gasteiger partial charge in [0.15, 0.2) is 0 Å². The van der Waals surface area contributed by atoms with Crippen LogP contribution in [0.15, 0.2) is 0 Å². The second-order valence-electron chi connectivity index (χ2n) is 7.55. The van der Waals surface area contributed by atoms with Crippen LogP contribution in [0.5, 0.6) is 0 Å². The van der Waals surface area contributed by atoms with Crippen LogP contribution in [0.25, 0.3) is 0 Å². The Kier molecular flexibility index (Phi) is 5.52. The highest BCUT2D eigenvalue weighted by Crippen LogP contribution is 2.23. The summed E-state index contributed by atoms with van der Waals surface area (Å²) in [6, 6.07) is -0.227. The summed E-state index contributed by atoms with van der Waals surface area (Å²) in [6.07, 6.45) is 1.32. The number of carbonyl (C=O) groups is 2. The summed E-state index contributed by atoms with van der Waals surface area (Å²) in [4.78, 5) is 29.5. The van der Waals surface area contributed by atoms with Crippen LogP contribution in [0.2, 0.25) is 0 Å². The number of likely N-dealkylation sites (tertiary alicyclic amines) is 1.